The van der Waals surface area contributed by atoms with Crippen molar-refractivity contribution >= 4 is 16.8 Å². The Morgan fingerprint density at radius 1 is 1.33 bits per heavy atom. The summed E-state index contributed by atoms with van der Waals surface area (Å²) in [7, 11) is 0. The number of rotatable bonds is 2. The van der Waals surface area contributed by atoms with Gasteiger partial charge in [0.05, 0.1) is 5.52 Å². The van der Waals surface area contributed by atoms with Crippen LogP contribution in [0.25, 0.3) is 10.9 Å². The van der Waals surface area contributed by atoms with Gasteiger partial charge in [0, 0.05) is 24.6 Å². The minimum absolute atomic E-state index is 0.112. The summed E-state index contributed by atoms with van der Waals surface area (Å²) in [5.41, 5.74) is 1.35. The first-order valence-corrected chi connectivity index (χ1v) is 6.16. The summed E-state index contributed by atoms with van der Waals surface area (Å²) in [6, 6.07) is 7.83. The van der Waals surface area contributed by atoms with Crippen LogP contribution in [0.2, 0.25) is 0 Å². The molecule has 1 fully saturated rings. The Bertz CT molecular complexity index is 558. The highest BCUT2D eigenvalue weighted by atomic mass is 16.5. The molecule has 5 heteroatoms. The van der Waals surface area contributed by atoms with Gasteiger partial charge in [-0.3, -0.25) is 9.89 Å². The molecule has 3 rings (SSSR count). The number of ether oxygens (including phenoxy) is 1. The van der Waals surface area contributed by atoms with Crippen molar-refractivity contribution < 1.29 is 9.53 Å². The maximum absolute atomic E-state index is 12.2. The van der Waals surface area contributed by atoms with Gasteiger partial charge in [-0.2, -0.15) is 5.10 Å². The zero-order valence-corrected chi connectivity index (χ0v) is 9.98. The van der Waals surface area contributed by atoms with Gasteiger partial charge in [0.25, 0.3) is 5.91 Å². The topological polar surface area (TPSA) is 67.0 Å². The Morgan fingerprint density at radius 3 is 2.94 bits per heavy atom. The molecule has 2 aromatic rings. The van der Waals surface area contributed by atoms with E-state index in [0.29, 0.717) is 18.9 Å². The quantitative estimate of drug-likeness (QED) is 0.842. The summed E-state index contributed by atoms with van der Waals surface area (Å²) >= 11 is 0. The number of carbonyl (C=O) groups is 1. The fraction of sp³-hybridized carbons (Fsp3) is 0.385. The SMILES string of the molecule is O=C(NC1CCOCC1)c1n[nH]c2ccccc12. The Morgan fingerprint density at radius 2 is 2.11 bits per heavy atom. The van der Waals surface area contributed by atoms with Crippen LogP contribution in [0.15, 0.2) is 24.3 Å². The van der Waals surface area contributed by atoms with E-state index in [0.717, 1.165) is 23.7 Å². The van der Waals surface area contributed by atoms with E-state index in [9.17, 15) is 4.79 Å². The Balaban J connectivity index is 1.79. The van der Waals surface area contributed by atoms with Crippen LogP contribution in [0.5, 0.6) is 0 Å². The number of benzene rings is 1. The average molecular weight is 245 g/mol. The van der Waals surface area contributed by atoms with E-state index in [2.05, 4.69) is 15.5 Å². The highest BCUT2D eigenvalue weighted by Gasteiger charge is 2.19. The van der Waals surface area contributed by atoms with Gasteiger partial charge in [0.15, 0.2) is 5.69 Å². The maximum Gasteiger partial charge on any atom is 0.272 e. The number of nitrogens with one attached hydrogen (secondary N) is 2. The molecular weight excluding hydrogens is 230 g/mol. The summed E-state index contributed by atoms with van der Waals surface area (Å²) in [6.07, 6.45) is 1.74. The Kier molecular flexibility index (Phi) is 2.98. The third-order valence-corrected chi connectivity index (χ3v) is 3.24. The molecule has 1 aliphatic rings. The van der Waals surface area contributed by atoms with Crippen molar-refractivity contribution in [2.75, 3.05) is 13.2 Å². The number of H-pyrrole nitrogens is 1. The lowest BCUT2D eigenvalue weighted by atomic mass is 10.1. The smallest absolute Gasteiger partial charge is 0.272 e. The lowest BCUT2D eigenvalue weighted by Gasteiger charge is -2.22. The fourth-order valence-corrected chi connectivity index (χ4v) is 2.23. The van der Waals surface area contributed by atoms with Crippen LogP contribution in [0.4, 0.5) is 0 Å². The second-order valence-corrected chi connectivity index (χ2v) is 4.48. The fourth-order valence-electron chi connectivity index (χ4n) is 2.23. The zero-order chi connectivity index (χ0) is 12.4. The van der Waals surface area contributed by atoms with E-state index < -0.39 is 0 Å². The predicted octanol–water partition coefficient (Wildman–Crippen LogP) is 1.47. The number of aromatic nitrogens is 2. The minimum atomic E-state index is -0.112. The lowest BCUT2D eigenvalue weighted by molar-refractivity contribution is 0.0695. The second-order valence-electron chi connectivity index (χ2n) is 4.48. The molecule has 94 valence electrons. The lowest BCUT2D eigenvalue weighted by Crippen LogP contribution is -2.39. The number of hydrogen-bond donors (Lipinski definition) is 2. The normalized spacial score (nSPS) is 16.9. The van der Waals surface area contributed by atoms with Crippen LogP contribution < -0.4 is 5.32 Å². The van der Waals surface area contributed by atoms with Gasteiger partial charge in [-0.15, -0.1) is 0 Å². The predicted molar refractivity (Wildman–Crippen MR) is 67.4 cm³/mol. The van der Waals surface area contributed by atoms with Crippen molar-refractivity contribution in [3.05, 3.63) is 30.0 Å². The summed E-state index contributed by atoms with van der Waals surface area (Å²) in [5, 5.41) is 10.8. The van der Waals surface area contributed by atoms with E-state index in [4.69, 9.17) is 4.74 Å². The largest absolute Gasteiger partial charge is 0.381 e. The first kappa shape index (κ1) is 11.2. The molecule has 0 saturated carbocycles. The van der Waals surface area contributed by atoms with Crippen LogP contribution in [-0.4, -0.2) is 35.4 Å². The van der Waals surface area contributed by atoms with E-state index in [-0.39, 0.29) is 11.9 Å². The van der Waals surface area contributed by atoms with Gasteiger partial charge >= 0.3 is 0 Å². The molecule has 1 aromatic carbocycles. The molecular formula is C13H15N3O2. The number of nitrogens with zero attached hydrogens (tertiary/aromatic N) is 1. The van der Waals surface area contributed by atoms with Gasteiger partial charge in [-0.05, 0) is 18.9 Å². The number of amides is 1. The van der Waals surface area contributed by atoms with Crippen molar-refractivity contribution in [3.63, 3.8) is 0 Å². The third kappa shape index (κ3) is 2.09. The van der Waals surface area contributed by atoms with Crippen molar-refractivity contribution in [2.45, 2.75) is 18.9 Å². The van der Waals surface area contributed by atoms with E-state index in [1.54, 1.807) is 0 Å². The number of hydrogen-bond acceptors (Lipinski definition) is 3. The number of aromatic amines is 1. The standard InChI is InChI=1S/C13H15N3O2/c17-13(14-9-5-7-18-8-6-9)12-10-3-1-2-4-11(10)15-16-12/h1-4,9H,5-8H2,(H,14,17)(H,15,16). The van der Waals surface area contributed by atoms with Gasteiger partial charge < -0.3 is 10.1 Å². The molecule has 0 unspecified atom stereocenters. The van der Waals surface area contributed by atoms with Crippen molar-refractivity contribution in [1.29, 1.82) is 0 Å². The van der Waals surface area contributed by atoms with Crippen LogP contribution >= 0.6 is 0 Å². The monoisotopic (exact) mass is 245 g/mol. The molecule has 5 nitrogen and oxygen atoms in total. The Labute approximate surface area is 105 Å². The number of carbonyl (C=O) groups excluding carboxylic acids is 1. The van der Waals surface area contributed by atoms with Crippen molar-refractivity contribution in [3.8, 4) is 0 Å². The molecule has 1 saturated heterocycles. The molecule has 2 N–H and O–H groups in total. The van der Waals surface area contributed by atoms with E-state index >= 15 is 0 Å². The first-order chi connectivity index (χ1) is 8.84. The minimum Gasteiger partial charge on any atom is -0.381 e. The number of fused-ring (bicyclic) bond motifs is 1. The molecule has 0 aliphatic carbocycles. The molecule has 1 aromatic heterocycles. The maximum atomic E-state index is 12.2. The molecule has 0 atom stereocenters. The van der Waals surface area contributed by atoms with Crippen LogP contribution in [0.3, 0.4) is 0 Å². The van der Waals surface area contributed by atoms with Crippen molar-refractivity contribution in [2.24, 2.45) is 0 Å². The molecule has 2 heterocycles. The van der Waals surface area contributed by atoms with Crippen LogP contribution in [-0.2, 0) is 4.74 Å². The van der Waals surface area contributed by atoms with Crippen molar-refractivity contribution in [1.82, 2.24) is 15.5 Å². The molecule has 1 amide bonds. The summed E-state index contributed by atoms with van der Waals surface area (Å²) < 4.78 is 5.27. The first-order valence-electron chi connectivity index (χ1n) is 6.16. The van der Waals surface area contributed by atoms with Gasteiger partial charge in [0.1, 0.15) is 0 Å². The molecule has 18 heavy (non-hydrogen) atoms. The van der Waals surface area contributed by atoms with Crippen LogP contribution in [0, 0.1) is 0 Å². The molecule has 0 spiro atoms. The summed E-state index contributed by atoms with van der Waals surface area (Å²) in [4.78, 5) is 12.2. The average Bonchev–Trinajstić information content (AvgIpc) is 2.84. The second kappa shape index (κ2) is 4.78. The van der Waals surface area contributed by atoms with Gasteiger partial charge in [-0.25, -0.2) is 0 Å². The van der Waals surface area contributed by atoms with Gasteiger partial charge in [0.2, 0.25) is 0 Å². The van der Waals surface area contributed by atoms with E-state index in [1.165, 1.54) is 0 Å². The van der Waals surface area contributed by atoms with Gasteiger partial charge in [-0.1, -0.05) is 18.2 Å². The molecule has 0 bridgehead atoms. The van der Waals surface area contributed by atoms with E-state index in [1.807, 2.05) is 24.3 Å². The van der Waals surface area contributed by atoms with Crippen LogP contribution in [0.1, 0.15) is 23.3 Å². The third-order valence-electron chi connectivity index (χ3n) is 3.24. The summed E-state index contributed by atoms with van der Waals surface area (Å²) in [5.74, 6) is -0.112. The highest BCUT2D eigenvalue weighted by molar-refractivity contribution is 6.04. The summed E-state index contributed by atoms with van der Waals surface area (Å²) in [6.45, 7) is 1.43. The zero-order valence-electron chi connectivity index (χ0n) is 9.98. The highest BCUT2D eigenvalue weighted by Crippen LogP contribution is 2.15. The molecule has 0 radical (unpaired) electrons. The Hall–Kier alpha value is -1.88. The molecule has 1 aliphatic heterocycles. The number of para-hydroxylation sites is 1.